The third-order valence-corrected chi connectivity index (χ3v) is 4.13. The first-order valence-corrected chi connectivity index (χ1v) is 6.94. The maximum atomic E-state index is 11.7. The van der Waals surface area contributed by atoms with Crippen LogP contribution in [0.25, 0.3) is 0 Å². The molecule has 18 heavy (non-hydrogen) atoms. The fourth-order valence-electron chi connectivity index (χ4n) is 2.00. The van der Waals surface area contributed by atoms with Crippen molar-refractivity contribution < 1.29 is 9.59 Å². The summed E-state index contributed by atoms with van der Waals surface area (Å²) in [5.74, 6) is -1.19. The average Bonchev–Trinajstić information content (AvgIpc) is 2.90. The first-order valence-electron chi connectivity index (χ1n) is 6.12. The predicted octanol–water partition coefficient (Wildman–Crippen LogP) is 1.76. The first-order chi connectivity index (χ1) is 8.56. The van der Waals surface area contributed by atoms with E-state index >= 15 is 0 Å². The van der Waals surface area contributed by atoms with Crippen LogP contribution in [0.15, 0.2) is 0 Å². The van der Waals surface area contributed by atoms with Crippen LogP contribution in [-0.4, -0.2) is 22.8 Å². The van der Waals surface area contributed by atoms with Crippen molar-refractivity contribution in [2.45, 2.75) is 45.6 Å². The van der Waals surface area contributed by atoms with Crippen molar-refractivity contribution in [3.05, 3.63) is 10.6 Å². The zero-order valence-corrected chi connectivity index (χ0v) is 11.4. The quantitative estimate of drug-likeness (QED) is 0.802. The predicted molar refractivity (Wildman–Crippen MR) is 70.6 cm³/mol. The number of nitrogens with zero attached hydrogens (tertiary/aromatic N) is 1. The summed E-state index contributed by atoms with van der Waals surface area (Å²) in [6, 6.07) is 0.156. The molecule has 0 radical (unpaired) electrons. The van der Waals surface area contributed by atoms with Gasteiger partial charge in [0.15, 0.2) is 5.13 Å². The van der Waals surface area contributed by atoms with Crippen LogP contribution in [0.2, 0.25) is 0 Å². The van der Waals surface area contributed by atoms with Gasteiger partial charge in [-0.2, -0.15) is 0 Å². The van der Waals surface area contributed by atoms with Crippen molar-refractivity contribution in [3.63, 3.8) is 0 Å². The number of hydrogen-bond donors (Lipinski definition) is 2. The molecular formula is C12H17N3O2S. The van der Waals surface area contributed by atoms with Crippen LogP contribution in [0.5, 0.6) is 0 Å². The number of carbonyl (C=O) groups is 2. The van der Waals surface area contributed by atoms with Gasteiger partial charge >= 0.3 is 11.8 Å². The lowest BCUT2D eigenvalue weighted by Gasteiger charge is -2.10. The molecule has 0 aromatic carbocycles. The molecule has 0 aliphatic heterocycles. The molecule has 0 unspecified atom stereocenters. The molecule has 1 fully saturated rings. The van der Waals surface area contributed by atoms with E-state index in [9.17, 15) is 9.59 Å². The average molecular weight is 267 g/mol. The van der Waals surface area contributed by atoms with Gasteiger partial charge in [-0.3, -0.25) is 14.9 Å². The summed E-state index contributed by atoms with van der Waals surface area (Å²) >= 11 is 1.38. The number of rotatable bonds is 2. The molecule has 0 atom stereocenters. The minimum absolute atomic E-state index is 0.156. The number of aromatic nitrogens is 1. The van der Waals surface area contributed by atoms with Crippen molar-refractivity contribution in [2.24, 2.45) is 0 Å². The van der Waals surface area contributed by atoms with Crippen LogP contribution in [0.4, 0.5) is 5.13 Å². The summed E-state index contributed by atoms with van der Waals surface area (Å²) < 4.78 is 0. The van der Waals surface area contributed by atoms with E-state index in [1.165, 1.54) is 11.3 Å². The molecule has 1 aliphatic carbocycles. The van der Waals surface area contributed by atoms with Gasteiger partial charge in [-0.1, -0.05) is 12.8 Å². The molecule has 1 aliphatic rings. The Bertz CT molecular complexity index is 444. The summed E-state index contributed by atoms with van der Waals surface area (Å²) in [4.78, 5) is 28.5. The number of carbonyl (C=O) groups excluding carboxylic acids is 2. The van der Waals surface area contributed by atoms with Crippen molar-refractivity contribution in [3.8, 4) is 0 Å². The third-order valence-electron chi connectivity index (χ3n) is 3.15. The third kappa shape index (κ3) is 3.07. The highest BCUT2D eigenvalue weighted by Gasteiger charge is 2.22. The SMILES string of the molecule is Cc1nc(NC(=O)C(=O)NC2CCCC2)sc1C. The maximum absolute atomic E-state index is 11.7. The van der Waals surface area contributed by atoms with Gasteiger partial charge in [0.2, 0.25) is 0 Å². The lowest BCUT2D eigenvalue weighted by molar-refractivity contribution is -0.136. The van der Waals surface area contributed by atoms with Gasteiger partial charge in [0.1, 0.15) is 0 Å². The van der Waals surface area contributed by atoms with Gasteiger partial charge in [0.05, 0.1) is 5.69 Å². The molecule has 0 saturated heterocycles. The number of aryl methyl sites for hydroxylation is 2. The van der Waals surface area contributed by atoms with Gasteiger partial charge in [0, 0.05) is 10.9 Å². The van der Waals surface area contributed by atoms with Crippen LogP contribution in [-0.2, 0) is 9.59 Å². The molecule has 0 spiro atoms. The molecular weight excluding hydrogens is 250 g/mol. The largest absolute Gasteiger partial charge is 0.345 e. The molecule has 5 nitrogen and oxygen atoms in total. The van der Waals surface area contributed by atoms with Crippen molar-refractivity contribution >= 4 is 28.3 Å². The molecule has 98 valence electrons. The van der Waals surface area contributed by atoms with E-state index in [0.29, 0.717) is 5.13 Å². The number of nitrogens with one attached hydrogen (secondary N) is 2. The second-order valence-electron chi connectivity index (χ2n) is 4.57. The van der Waals surface area contributed by atoms with E-state index in [4.69, 9.17) is 0 Å². The molecule has 1 heterocycles. The second kappa shape index (κ2) is 5.48. The first kappa shape index (κ1) is 13.0. The lowest BCUT2D eigenvalue weighted by Crippen LogP contribution is -2.40. The molecule has 1 aromatic heterocycles. The van der Waals surface area contributed by atoms with Crippen LogP contribution in [0.1, 0.15) is 36.3 Å². The number of hydrogen-bond acceptors (Lipinski definition) is 4. The zero-order valence-electron chi connectivity index (χ0n) is 10.6. The number of anilines is 1. The highest BCUT2D eigenvalue weighted by Crippen LogP contribution is 2.21. The Morgan fingerprint density at radius 1 is 1.22 bits per heavy atom. The highest BCUT2D eigenvalue weighted by atomic mass is 32.1. The maximum Gasteiger partial charge on any atom is 0.315 e. The minimum atomic E-state index is -0.629. The zero-order chi connectivity index (χ0) is 13.1. The summed E-state index contributed by atoms with van der Waals surface area (Å²) in [5, 5.41) is 5.76. The molecule has 1 aromatic rings. The van der Waals surface area contributed by atoms with E-state index < -0.39 is 11.8 Å². The molecule has 1 saturated carbocycles. The van der Waals surface area contributed by atoms with Crippen molar-refractivity contribution in [1.82, 2.24) is 10.3 Å². The number of amides is 2. The fraction of sp³-hybridized carbons (Fsp3) is 0.583. The van der Waals surface area contributed by atoms with E-state index in [1.807, 2.05) is 13.8 Å². The smallest absolute Gasteiger partial charge is 0.315 e. The van der Waals surface area contributed by atoms with Crippen LogP contribution < -0.4 is 10.6 Å². The van der Waals surface area contributed by atoms with Crippen molar-refractivity contribution in [1.29, 1.82) is 0 Å². The lowest BCUT2D eigenvalue weighted by atomic mass is 10.2. The monoisotopic (exact) mass is 267 g/mol. The Kier molecular flexibility index (Phi) is 3.96. The Labute approximate surface area is 110 Å². The van der Waals surface area contributed by atoms with E-state index in [2.05, 4.69) is 15.6 Å². The van der Waals surface area contributed by atoms with Crippen LogP contribution in [0.3, 0.4) is 0 Å². The summed E-state index contributed by atoms with van der Waals surface area (Å²) in [6.45, 7) is 3.81. The Balaban J connectivity index is 1.88. The Morgan fingerprint density at radius 2 is 1.89 bits per heavy atom. The minimum Gasteiger partial charge on any atom is -0.345 e. The standard InChI is InChI=1S/C12H17N3O2S/c1-7-8(2)18-12(13-7)15-11(17)10(16)14-9-5-3-4-6-9/h9H,3-6H2,1-2H3,(H,14,16)(H,13,15,17). The second-order valence-corrected chi connectivity index (χ2v) is 5.77. The van der Waals surface area contributed by atoms with Gasteiger partial charge < -0.3 is 5.32 Å². The fourth-order valence-corrected chi connectivity index (χ4v) is 2.81. The molecule has 2 N–H and O–H groups in total. The van der Waals surface area contributed by atoms with Crippen LogP contribution in [0, 0.1) is 13.8 Å². The van der Waals surface area contributed by atoms with E-state index in [-0.39, 0.29) is 6.04 Å². The van der Waals surface area contributed by atoms with E-state index in [1.54, 1.807) is 0 Å². The van der Waals surface area contributed by atoms with Gasteiger partial charge in [-0.25, -0.2) is 4.98 Å². The van der Waals surface area contributed by atoms with E-state index in [0.717, 1.165) is 36.3 Å². The Hall–Kier alpha value is -1.43. The molecule has 2 rings (SSSR count). The molecule has 6 heteroatoms. The van der Waals surface area contributed by atoms with Gasteiger partial charge in [0.25, 0.3) is 0 Å². The van der Waals surface area contributed by atoms with Gasteiger partial charge in [-0.15, -0.1) is 11.3 Å². The highest BCUT2D eigenvalue weighted by molar-refractivity contribution is 7.15. The van der Waals surface area contributed by atoms with Crippen molar-refractivity contribution in [2.75, 3.05) is 5.32 Å². The summed E-state index contributed by atoms with van der Waals surface area (Å²) in [5.41, 5.74) is 0.881. The normalized spacial score (nSPS) is 15.7. The number of thiazole rings is 1. The topological polar surface area (TPSA) is 71.1 Å². The molecule has 0 bridgehead atoms. The molecule has 2 amide bonds. The Morgan fingerprint density at radius 3 is 2.44 bits per heavy atom. The summed E-state index contributed by atoms with van der Waals surface area (Å²) in [7, 11) is 0. The summed E-state index contributed by atoms with van der Waals surface area (Å²) in [6.07, 6.45) is 4.18. The van der Waals surface area contributed by atoms with Crippen LogP contribution >= 0.6 is 11.3 Å². The van der Waals surface area contributed by atoms with Gasteiger partial charge in [-0.05, 0) is 26.7 Å².